The molecule has 0 aliphatic heterocycles. The van der Waals surface area contributed by atoms with Crippen LogP contribution in [0.1, 0.15) is 48.2 Å². The van der Waals surface area contributed by atoms with Crippen molar-refractivity contribution in [2.45, 2.75) is 36.8 Å². The number of thioether (sulfide) groups is 1. The highest BCUT2D eigenvalue weighted by Crippen LogP contribution is 2.31. The Morgan fingerprint density at radius 1 is 0.767 bits per heavy atom. The first-order valence-corrected chi connectivity index (χ1v) is 15.2. The van der Waals surface area contributed by atoms with E-state index in [0.29, 0.717) is 27.9 Å². The predicted octanol–water partition coefficient (Wildman–Crippen LogP) is 8.65. The molecule has 0 aliphatic rings. The molecular weight excluding hydrogens is 601 g/mol. The van der Waals surface area contributed by atoms with E-state index in [1.165, 1.54) is 17.3 Å². The number of carbonyl (C=O) groups is 3. The highest BCUT2D eigenvalue weighted by Gasteiger charge is 2.18. The van der Waals surface area contributed by atoms with Crippen LogP contribution < -0.4 is 16.0 Å². The SMILES string of the molecule is CC(Sc1ccc(NC(=O)/C(=C/c2ccc(C(C)C)cc2)NC(=O)c2ccccc2)cc1)C(=O)Nc1cccc(Cl)c1Cl. The number of hydrogen-bond donors (Lipinski definition) is 3. The fourth-order valence-electron chi connectivity index (χ4n) is 3.99. The molecule has 0 aliphatic carbocycles. The molecule has 0 aromatic heterocycles. The van der Waals surface area contributed by atoms with Gasteiger partial charge in [-0.25, -0.2) is 0 Å². The quantitative estimate of drug-likeness (QED) is 0.121. The van der Waals surface area contributed by atoms with Crippen molar-refractivity contribution < 1.29 is 14.4 Å². The van der Waals surface area contributed by atoms with Crippen molar-refractivity contribution in [1.29, 1.82) is 0 Å². The molecule has 0 saturated carbocycles. The molecule has 0 spiro atoms. The average molecular weight is 633 g/mol. The summed E-state index contributed by atoms with van der Waals surface area (Å²) in [5.74, 6) is -0.710. The average Bonchev–Trinajstić information content (AvgIpc) is 3.00. The van der Waals surface area contributed by atoms with Crippen LogP contribution in [0.15, 0.2) is 108 Å². The first-order chi connectivity index (χ1) is 20.6. The van der Waals surface area contributed by atoms with Crippen molar-refractivity contribution in [3.8, 4) is 0 Å². The van der Waals surface area contributed by atoms with Crippen LogP contribution in [0.3, 0.4) is 0 Å². The molecular formula is C34H31Cl2N3O3S. The molecule has 220 valence electrons. The normalized spacial score (nSPS) is 12.0. The lowest BCUT2D eigenvalue weighted by molar-refractivity contribution is -0.115. The summed E-state index contributed by atoms with van der Waals surface area (Å²) in [5, 5.41) is 8.64. The third-order valence-corrected chi connectivity index (χ3v) is 8.38. The van der Waals surface area contributed by atoms with Crippen LogP contribution in [0.4, 0.5) is 11.4 Å². The summed E-state index contributed by atoms with van der Waals surface area (Å²) in [4.78, 5) is 39.8. The van der Waals surface area contributed by atoms with E-state index in [1.54, 1.807) is 67.6 Å². The molecule has 0 saturated heterocycles. The van der Waals surface area contributed by atoms with E-state index in [2.05, 4.69) is 29.8 Å². The minimum Gasteiger partial charge on any atom is -0.324 e. The molecule has 0 bridgehead atoms. The number of rotatable bonds is 10. The molecule has 4 aromatic rings. The Hall–Kier alpha value is -4.04. The number of carbonyl (C=O) groups excluding carboxylic acids is 3. The molecule has 43 heavy (non-hydrogen) atoms. The van der Waals surface area contributed by atoms with E-state index in [0.717, 1.165) is 10.5 Å². The minimum atomic E-state index is -0.469. The monoisotopic (exact) mass is 631 g/mol. The van der Waals surface area contributed by atoms with Crippen molar-refractivity contribution in [1.82, 2.24) is 5.32 Å². The van der Waals surface area contributed by atoms with Gasteiger partial charge in [-0.2, -0.15) is 0 Å². The van der Waals surface area contributed by atoms with Crippen molar-refractivity contribution in [3.63, 3.8) is 0 Å². The maximum Gasteiger partial charge on any atom is 0.272 e. The van der Waals surface area contributed by atoms with Crippen molar-refractivity contribution in [2.24, 2.45) is 0 Å². The predicted molar refractivity (Wildman–Crippen MR) is 178 cm³/mol. The second-order valence-electron chi connectivity index (χ2n) is 10.0. The maximum absolute atomic E-state index is 13.4. The third-order valence-electron chi connectivity index (χ3n) is 6.45. The van der Waals surface area contributed by atoms with Gasteiger partial charge in [-0.05, 0) is 78.6 Å². The van der Waals surface area contributed by atoms with Gasteiger partial charge in [-0.3, -0.25) is 14.4 Å². The Morgan fingerprint density at radius 2 is 1.44 bits per heavy atom. The molecule has 0 fully saturated rings. The third kappa shape index (κ3) is 8.97. The van der Waals surface area contributed by atoms with Gasteiger partial charge in [0.15, 0.2) is 0 Å². The number of halogens is 2. The first kappa shape index (κ1) is 31.9. The maximum atomic E-state index is 13.4. The van der Waals surface area contributed by atoms with Crippen LogP contribution in [0.25, 0.3) is 6.08 Å². The fourth-order valence-corrected chi connectivity index (χ4v) is 5.21. The van der Waals surface area contributed by atoms with Crippen LogP contribution in [0, 0.1) is 0 Å². The number of benzene rings is 4. The molecule has 1 unspecified atom stereocenters. The highest BCUT2D eigenvalue weighted by atomic mass is 35.5. The minimum absolute atomic E-state index is 0.106. The molecule has 1 atom stereocenters. The Bertz CT molecular complexity index is 1620. The van der Waals surface area contributed by atoms with Crippen molar-refractivity contribution in [2.75, 3.05) is 10.6 Å². The van der Waals surface area contributed by atoms with Crippen LogP contribution >= 0.6 is 35.0 Å². The van der Waals surface area contributed by atoms with E-state index in [9.17, 15) is 14.4 Å². The smallest absolute Gasteiger partial charge is 0.272 e. The zero-order valence-electron chi connectivity index (χ0n) is 23.9. The van der Waals surface area contributed by atoms with Gasteiger partial charge >= 0.3 is 0 Å². The highest BCUT2D eigenvalue weighted by molar-refractivity contribution is 8.00. The van der Waals surface area contributed by atoms with E-state index >= 15 is 0 Å². The molecule has 0 heterocycles. The molecule has 4 aromatic carbocycles. The van der Waals surface area contributed by atoms with Gasteiger partial charge in [0.25, 0.3) is 11.8 Å². The van der Waals surface area contributed by atoms with Gasteiger partial charge in [-0.15, -0.1) is 11.8 Å². The molecule has 3 amide bonds. The van der Waals surface area contributed by atoms with E-state index < -0.39 is 11.2 Å². The first-order valence-electron chi connectivity index (χ1n) is 13.6. The molecule has 0 radical (unpaired) electrons. The Labute approximate surface area is 265 Å². The summed E-state index contributed by atoms with van der Waals surface area (Å²) in [6, 6.07) is 28.7. The van der Waals surface area contributed by atoms with Gasteiger partial charge < -0.3 is 16.0 Å². The van der Waals surface area contributed by atoms with Crippen molar-refractivity contribution in [3.05, 3.63) is 129 Å². The summed E-state index contributed by atoms with van der Waals surface area (Å²) < 4.78 is 0. The second-order valence-corrected chi connectivity index (χ2v) is 12.2. The Morgan fingerprint density at radius 3 is 2.09 bits per heavy atom. The van der Waals surface area contributed by atoms with Crippen LogP contribution in [-0.4, -0.2) is 23.0 Å². The lowest BCUT2D eigenvalue weighted by Crippen LogP contribution is -2.30. The van der Waals surface area contributed by atoms with Crippen molar-refractivity contribution >= 4 is 70.1 Å². The fraction of sp³-hybridized carbons (Fsp3) is 0.147. The zero-order valence-corrected chi connectivity index (χ0v) is 26.2. The molecule has 4 rings (SSSR count). The number of hydrogen-bond acceptors (Lipinski definition) is 4. The standard InChI is InChI=1S/C34H31Cl2N3O3S/c1-21(2)24-14-12-23(13-15-24)20-30(39-33(41)25-8-5-4-6-9-25)34(42)37-26-16-18-27(19-17-26)43-22(3)32(40)38-29-11-7-10-28(35)31(29)36/h4-22H,1-3H3,(H,37,42)(H,38,40)(H,39,41)/b30-20-. The molecule has 6 nitrogen and oxygen atoms in total. The van der Waals surface area contributed by atoms with Gasteiger partial charge in [-0.1, -0.05) is 85.6 Å². The topological polar surface area (TPSA) is 87.3 Å². The van der Waals surface area contributed by atoms with Gasteiger partial charge in [0.1, 0.15) is 5.70 Å². The van der Waals surface area contributed by atoms with E-state index in [4.69, 9.17) is 23.2 Å². The van der Waals surface area contributed by atoms with Gasteiger partial charge in [0, 0.05) is 16.1 Å². The summed E-state index contributed by atoms with van der Waals surface area (Å²) in [7, 11) is 0. The van der Waals surface area contributed by atoms with Crippen LogP contribution in [0.2, 0.25) is 10.0 Å². The molecule has 3 N–H and O–H groups in total. The Kier molecular flexibility index (Phi) is 11.1. The largest absolute Gasteiger partial charge is 0.324 e. The zero-order chi connectivity index (χ0) is 30.9. The second kappa shape index (κ2) is 14.9. The van der Waals surface area contributed by atoms with E-state index in [1.807, 2.05) is 42.5 Å². The summed E-state index contributed by atoms with van der Waals surface area (Å²) >= 11 is 13.6. The number of anilines is 2. The number of amides is 3. The molecule has 9 heteroatoms. The van der Waals surface area contributed by atoms with E-state index in [-0.39, 0.29) is 22.5 Å². The summed E-state index contributed by atoms with van der Waals surface area (Å²) in [5.41, 5.74) is 3.48. The summed E-state index contributed by atoms with van der Waals surface area (Å²) in [6.07, 6.45) is 1.65. The van der Waals surface area contributed by atoms with Gasteiger partial charge in [0.05, 0.1) is 21.0 Å². The van der Waals surface area contributed by atoms with Gasteiger partial charge in [0.2, 0.25) is 5.91 Å². The van der Waals surface area contributed by atoms with Crippen LogP contribution in [-0.2, 0) is 9.59 Å². The number of nitrogens with one attached hydrogen (secondary N) is 3. The lowest BCUT2D eigenvalue weighted by atomic mass is 10.0. The Balaban J connectivity index is 1.45. The lowest BCUT2D eigenvalue weighted by Gasteiger charge is -2.14. The summed E-state index contributed by atoms with van der Waals surface area (Å²) in [6.45, 7) is 6.01. The van der Waals surface area contributed by atoms with Crippen LogP contribution in [0.5, 0.6) is 0 Å².